The van der Waals surface area contributed by atoms with E-state index in [9.17, 15) is 5.11 Å². The number of fused-ring (bicyclic) bond motifs is 1. The van der Waals surface area contributed by atoms with Crippen molar-refractivity contribution in [2.75, 3.05) is 17.2 Å². The topological polar surface area (TPSA) is 70.1 Å². The highest BCUT2D eigenvalue weighted by molar-refractivity contribution is 5.50. The molecule has 2 atom stereocenters. The van der Waals surface area contributed by atoms with Crippen LogP contribution in [-0.2, 0) is 6.42 Å². The average molecular weight is 296 g/mol. The molecule has 2 aliphatic rings. The summed E-state index contributed by atoms with van der Waals surface area (Å²) in [7, 11) is 0. The Morgan fingerprint density at radius 2 is 1.95 bits per heavy atom. The molecule has 3 N–H and O–H groups in total. The highest BCUT2D eigenvalue weighted by Crippen LogP contribution is 2.34. The van der Waals surface area contributed by atoms with Crippen LogP contribution in [0.2, 0.25) is 0 Å². The van der Waals surface area contributed by atoms with Gasteiger partial charge in [0.25, 0.3) is 0 Å². The number of rotatable bonds is 5. The van der Waals surface area contributed by atoms with Crippen molar-refractivity contribution in [2.24, 2.45) is 5.92 Å². The van der Waals surface area contributed by atoms with Crippen LogP contribution in [0.5, 0.6) is 0 Å². The van der Waals surface area contributed by atoms with Crippen LogP contribution in [0.4, 0.5) is 11.6 Å². The second kappa shape index (κ2) is 5.57. The first-order chi connectivity index (χ1) is 10.8. The Bertz CT molecular complexity index is 671. The van der Waals surface area contributed by atoms with Gasteiger partial charge in [0, 0.05) is 19.0 Å². The summed E-state index contributed by atoms with van der Waals surface area (Å²) in [4.78, 5) is 8.53. The number of aromatic nitrogens is 2. The lowest BCUT2D eigenvalue weighted by atomic mass is 10.1. The molecule has 1 saturated carbocycles. The molecular weight excluding hydrogens is 276 g/mol. The number of aliphatic hydroxyl groups is 1. The Morgan fingerprint density at radius 1 is 1.14 bits per heavy atom. The molecule has 0 saturated heterocycles. The van der Waals surface area contributed by atoms with E-state index >= 15 is 0 Å². The fourth-order valence-electron chi connectivity index (χ4n) is 3.01. The standard InChI is InChI=1S/C17H20N4O/c22-14-7-12-3-1-2-4-13(12)17(14)21-16-8-15(19-10-20-16)18-9-11-5-6-11/h1-4,8,10-11,14,17,22H,5-7,9H2,(H2,18,19,20,21)/t14-,17+/m1/s1. The molecule has 2 aliphatic carbocycles. The molecule has 2 aromatic rings. The molecule has 5 heteroatoms. The summed E-state index contributed by atoms with van der Waals surface area (Å²) in [6.07, 6.45) is 4.45. The highest BCUT2D eigenvalue weighted by atomic mass is 16.3. The molecule has 1 aromatic carbocycles. The van der Waals surface area contributed by atoms with E-state index < -0.39 is 6.10 Å². The van der Waals surface area contributed by atoms with Gasteiger partial charge < -0.3 is 15.7 Å². The monoisotopic (exact) mass is 296 g/mol. The molecule has 0 bridgehead atoms. The van der Waals surface area contributed by atoms with Crippen molar-refractivity contribution >= 4 is 11.6 Å². The summed E-state index contributed by atoms with van der Waals surface area (Å²) in [5.41, 5.74) is 2.36. The van der Waals surface area contributed by atoms with Crippen molar-refractivity contribution in [2.45, 2.75) is 31.4 Å². The third kappa shape index (κ3) is 2.76. The maximum Gasteiger partial charge on any atom is 0.132 e. The largest absolute Gasteiger partial charge is 0.390 e. The molecule has 114 valence electrons. The molecule has 0 unspecified atom stereocenters. The lowest BCUT2D eigenvalue weighted by Crippen LogP contribution is -2.21. The van der Waals surface area contributed by atoms with Crippen LogP contribution < -0.4 is 10.6 Å². The van der Waals surface area contributed by atoms with Crippen LogP contribution in [0.15, 0.2) is 36.7 Å². The van der Waals surface area contributed by atoms with Crippen LogP contribution in [0.1, 0.15) is 30.0 Å². The van der Waals surface area contributed by atoms with E-state index in [0.29, 0.717) is 6.42 Å². The SMILES string of the molecule is O[C@@H]1Cc2ccccc2[C@@H]1Nc1cc(NCC2CC2)ncn1. The molecular formula is C17H20N4O. The number of nitrogens with zero attached hydrogens (tertiary/aromatic N) is 2. The van der Waals surface area contributed by atoms with E-state index in [0.717, 1.165) is 29.7 Å². The zero-order valence-electron chi connectivity index (χ0n) is 12.4. The number of hydrogen-bond donors (Lipinski definition) is 3. The first-order valence-corrected chi connectivity index (χ1v) is 7.88. The van der Waals surface area contributed by atoms with E-state index in [4.69, 9.17) is 0 Å². The highest BCUT2D eigenvalue weighted by Gasteiger charge is 2.30. The minimum absolute atomic E-state index is 0.109. The minimum Gasteiger partial charge on any atom is -0.390 e. The zero-order valence-corrected chi connectivity index (χ0v) is 12.4. The average Bonchev–Trinajstić information content (AvgIpc) is 3.31. The normalized spacial score (nSPS) is 23.1. The number of hydrogen-bond acceptors (Lipinski definition) is 5. The Balaban J connectivity index is 1.49. The van der Waals surface area contributed by atoms with E-state index in [-0.39, 0.29) is 6.04 Å². The quantitative estimate of drug-likeness (QED) is 0.790. The number of benzene rings is 1. The van der Waals surface area contributed by atoms with Crippen molar-refractivity contribution in [1.82, 2.24) is 9.97 Å². The second-order valence-electron chi connectivity index (χ2n) is 6.21. The molecule has 22 heavy (non-hydrogen) atoms. The Hall–Kier alpha value is -2.14. The number of nitrogens with one attached hydrogen (secondary N) is 2. The predicted octanol–water partition coefficient (Wildman–Crippen LogP) is 2.37. The van der Waals surface area contributed by atoms with E-state index in [1.54, 1.807) is 6.33 Å². The van der Waals surface area contributed by atoms with Crippen molar-refractivity contribution in [3.63, 3.8) is 0 Å². The first-order valence-electron chi connectivity index (χ1n) is 7.88. The summed E-state index contributed by atoms with van der Waals surface area (Å²) < 4.78 is 0. The summed E-state index contributed by atoms with van der Waals surface area (Å²) >= 11 is 0. The van der Waals surface area contributed by atoms with Gasteiger partial charge in [0.1, 0.15) is 18.0 Å². The summed E-state index contributed by atoms with van der Waals surface area (Å²) in [5, 5.41) is 17.0. The lowest BCUT2D eigenvalue weighted by Gasteiger charge is -2.18. The maximum atomic E-state index is 10.3. The molecule has 0 spiro atoms. The van der Waals surface area contributed by atoms with E-state index in [1.807, 2.05) is 18.2 Å². The third-order valence-electron chi connectivity index (χ3n) is 4.44. The summed E-state index contributed by atoms with van der Waals surface area (Å²) in [6, 6.07) is 9.96. The van der Waals surface area contributed by atoms with Crippen LogP contribution in [0, 0.1) is 5.92 Å². The zero-order chi connectivity index (χ0) is 14.9. The van der Waals surface area contributed by atoms with Crippen molar-refractivity contribution < 1.29 is 5.11 Å². The number of aliphatic hydroxyl groups excluding tert-OH is 1. The van der Waals surface area contributed by atoms with Crippen molar-refractivity contribution in [1.29, 1.82) is 0 Å². The van der Waals surface area contributed by atoms with Gasteiger partial charge in [-0.25, -0.2) is 9.97 Å². The van der Waals surface area contributed by atoms with Crippen LogP contribution in [0.25, 0.3) is 0 Å². The molecule has 1 heterocycles. The smallest absolute Gasteiger partial charge is 0.132 e. The molecule has 0 radical (unpaired) electrons. The van der Waals surface area contributed by atoms with Gasteiger partial charge in [-0.3, -0.25) is 0 Å². The van der Waals surface area contributed by atoms with E-state index in [2.05, 4.69) is 32.7 Å². The van der Waals surface area contributed by atoms with Gasteiger partial charge in [0.15, 0.2) is 0 Å². The summed E-state index contributed by atoms with van der Waals surface area (Å²) in [5.74, 6) is 2.38. The number of anilines is 2. The van der Waals surface area contributed by atoms with Crippen molar-refractivity contribution in [3.8, 4) is 0 Å². The molecule has 5 nitrogen and oxygen atoms in total. The second-order valence-corrected chi connectivity index (χ2v) is 6.21. The molecule has 1 fully saturated rings. The third-order valence-corrected chi connectivity index (χ3v) is 4.44. The van der Waals surface area contributed by atoms with Gasteiger partial charge in [-0.15, -0.1) is 0 Å². The van der Waals surface area contributed by atoms with Crippen LogP contribution in [-0.4, -0.2) is 27.7 Å². The first kappa shape index (κ1) is 13.5. The molecule has 4 rings (SSSR count). The Morgan fingerprint density at radius 3 is 2.82 bits per heavy atom. The minimum atomic E-state index is -0.421. The van der Waals surface area contributed by atoms with E-state index in [1.165, 1.54) is 18.4 Å². The van der Waals surface area contributed by atoms with Gasteiger partial charge in [-0.2, -0.15) is 0 Å². The summed E-state index contributed by atoms with van der Waals surface area (Å²) in [6.45, 7) is 0.978. The Labute approximate surface area is 129 Å². The van der Waals surface area contributed by atoms with Gasteiger partial charge in [-0.05, 0) is 29.9 Å². The Kier molecular flexibility index (Phi) is 3.42. The van der Waals surface area contributed by atoms with Gasteiger partial charge >= 0.3 is 0 Å². The fraction of sp³-hybridized carbons (Fsp3) is 0.412. The van der Waals surface area contributed by atoms with Gasteiger partial charge in [-0.1, -0.05) is 24.3 Å². The predicted molar refractivity (Wildman–Crippen MR) is 85.8 cm³/mol. The van der Waals surface area contributed by atoms with Crippen molar-refractivity contribution in [3.05, 3.63) is 47.8 Å². The molecule has 1 aromatic heterocycles. The van der Waals surface area contributed by atoms with Gasteiger partial charge in [0.05, 0.1) is 12.1 Å². The lowest BCUT2D eigenvalue weighted by molar-refractivity contribution is 0.165. The molecule has 0 amide bonds. The maximum absolute atomic E-state index is 10.3. The van der Waals surface area contributed by atoms with Gasteiger partial charge in [0.2, 0.25) is 0 Å². The van der Waals surface area contributed by atoms with Crippen LogP contribution in [0.3, 0.4) is 0 Å². The van der Waals surface area contributed by atoms with Crippen LogP contribution >= 0.6 is 0 Å². The fourth-order valence-corrected chi connectivity index (χ4v) is 3.01. The molecule has 0 aliphatic heterocycles.